The number of hydrogen-bond donors (Lipinski definition) is 1. The number of nitrogens with zero attached hydrogens (tertiary/aromatic N) is 1. The summed E-state index contributed by atoms with van der Waals surface area (Å²) in [7, 11) is 0. The standard InChI is InChI=1S/C14H17IN2O3/c1-14(2)7-3-4-12(14)16-13(18)10-8-9(17(19)20)5-6-11(10)15/h5-6,8,12H,3-4,7H2,1-2H3,(H,16,18). The first-order chi connectivity index (χ1) is 9.31. The van der Waals surface area contributed by atoms with Gasteiger partial charge in [-0.15, -0.1) is 0 Å². The highest BCUT2D eigenvalue weighted by molar-refractivity contribution is 14.1. The summed E-state index contributed by atoms with van der Waals surface area (Å²) in [6.07, 6.45) is 3.15. The van der Waals surface area contributed by atoms with Crippen molar-refractivity contribution in [2.45, 2.75) is 39.2 Å². The van der Waals surface area contributed by atoms with Crippen LogP contribution in [0, 0.1) is 19.1 Å². The number of benzene rings is 1. The van der Waals surface area contributed by atoms with Gasteiger partial charge in [0.15, 0.2) is 0 Å². The lowest BCUT2D eigenvalue weighted by Gasteiger charge is -2.27. The average molecular weight is 388 g/mol. The SMILES string of the molecule is CC1(C)CCCC1NC(=O)c1cc([N+](=O)[O-])ccc1I. The van der Waals surface area contributed by atoms with Gasteiger partial charge in [0.1, 0.15) is 0 Å². The number of amides is 1. The van der Waals surface area contributed by atoms with Gasteiger partial charge in [0.2, 0.25) is 0 Å². The Kier molecular flexibility index (Phi) is 4.31. The number of halogens is 1. The molecule has 1 aliphatic rings. The summed E-state index contributed by atoms with van der Waals surface area (Å²) in [5, 5.41) is 13.8. The second-order valence-corrected chi connectivity index (χ2v) is 6.99. The number of nitro groups is 1. The highest BCUT2D eigenvalue weighted by Crippen LogP contribution is 2.37. The molecule has 5 nitrogen and oxygen atoms in total. The summed E-state index contributed by atoms with van der Waals surface area (Å²) in [4.78, 5) is 22.7. The summed E-state index contributed by atoms with van der Waals surface area (Å²) in [6.45, 7) is 4.28. The van der Waals surface area contributed by atoms with E-state index in [9.17, 15) is 14.9 Å². The van der Waals surface area contributed by atoms with Crippen molar-refractivity contribution in [1.29, 1.82) is 0 Å². The maximum atomic E-state index is 12.3. The minimum atomic E-state index is -0.480. The number of hydrogen-bond acceptors (Lipinski definition) is 3. The van der Waals surface area contributed by atoms with Gasteiger partial charge in [-0.2, -0.15) is 0 Å². The molecule has 0 heterocycles. The number of non-ortho nitro benzene ring substituents is 1. The largest absolute Gasteiger partial charge is 0.349 e. The minimum absolute atomic E-state index is 0.0544. The first-order valence-corrected chi connectivity index (χ1v) is 7.64. The van der Waals surface area contributed by atoms with Crippen LogP contribution in [0.4, 0.5) is 5.69 Å². The highest BCUT2D eigenvalue weighted by atomic mass is 127. The second-order valence-electron chi connectivity index (χ2n) is 5.83. The Morgan fingerprint density at radius 2 is 2.20 bits per heavy atom. The number of nitro benzene ring substituents is 1. The van der Waals surface area contributed by atoms with Crippen LogP contribution in [0.25, 0.3) is 0 Å². The van der Waals surface area contributed by atoms with E-state index in [1.165, 1.54) is 12.1 Å². The van der Waals surface area contributed by atoms with Gasteiger partial charge in [0, 0.05) is 21.7 Å². The Morgan fingerprint density at radius 1 is 1.50 bits per heavy atom. The van der Waals surface area contributed by atoms with Crippen LogP contribution in [0.15, 0.2) is 18.2 Å². The second kappa shape index (κ2) is 5.67. The Hall–Kier alpha value is -1.18. The van der Waals surface area contributed by atoms with Crippen LogP contribution < -0.4 is 5.32 Å². The molecule has 1 unspecified atom stereocenters. The predicted molar refractivity (Wildman–Crippen MR) is 84.7 cm³/mol. The molecular weight excluding hydrogens is 371 g/mol. The third-order valence-electron chi connectivity index (χ3n) is 3.97. The normalized spacial score (nSPS) is 20.6. The van der Waals surface area contributed by atoms with Crippen LogP contribution >= 0.6 is 22.6 Å². The number of nitrogens with one attached hydrogen (secondary N) is 1. The molecule has 1 fully saturated rings. The highest BCUT2D eigenvalue weighted by Gasteiger charge is 2.35. The summed E-state index contributed by atoms with van der Waals surface area (Å²) in [5.74, 6) is -0.224. The van der Waals surface area contributed by atoms with Crippen molar-refractivity contribution < 1.29 is 9.72 Å². The van der Waals surface area contributed by atoms with E-state index >= 15 is 0 Å². The molecule has 1 amide bonds. The van der Waals surface area contributed by atoms with Gasteiger partial charge in [-0.1, -0.05) is 20.3 Å². The van der Waals surface area contributed by atoms with E-state index in [4.69, 9.17) is 0 Å². The summed E-state index contributed by atoms with van der Waals surface area (Å²) in [6, 6.07) is 4.50. The third-order valence-corrected chi connectivity index (χ3v) is 4.91. The van der Waals surface area contributed by atoms with Crippen molar-refractivity contribution in [1.82, 2.24) is 5.32 Å². The molecule has 108 valence electrons. The third kappa shape index (κ3) is 3.11. The zero-order valence-corrected chi connectivity index (χ0v) is 13.6. The molecule has 1 atom stereocenters. The fourth-order valence-corrected chi connectivity index (χ4v) is 3.21. The molecule has 1 saturated carbocycles. The zero-order chi connectivity index (χ0) is 14.9. The van der Waals surface area contributed by atoms with Crippen molar-refractivity contribution in [3.8, 4) is 0 Å². The van der Waals surface area contributed by atoms with Gasteiger partial charge in [0.25, 0.3) is 11.6 Å². The van der Waals surface area contributed by atoms with Crippen LogP contribution in [0.2, 0.25) is 0 Å². The molecule has 1 aromatic rings. The van der Waals surface area contributed by atoms with E-state index in [1.807, 2.05) is 22.6 Å². The number of carbonyl (C=O) groups excluding carboxylic acids is 1. The van der Waals surface area contributed by atoms with E-state index in [-0.39, 0.29) is 23.1 Å². The fraction of sp³-hybridized carbons (Fsp3) is 0.500. The van der Waals surface area contributed by atoms with Crippen molar-refractivity contribution in [3.63, 3.8) is 0 Å². The molecule has 0 radical (unpaired) electrons. The van der Waals surface area contributed by atoms with Crippen LogP contribution in [-0.4, -0.2) is 16.9 Å². The van der Waals surface area contributed by atoms with Crippen molar-refractivity contribution in [3.05, 3.63) is 37.4 Å². The molecule has 0 bridgehead atoms. The molecule has 1 aromatic carbocycles. The van der Waals surface area contributed by atoms with Crippen LogP contribution in [0.5, 0.6) is 0 Å². The maximum Gasteiger partial charge on any atom is 0.270 e. The van der Waals surface area contributed by atoms with Crippen LogP contribution in [0.1, 0.15) is 43.5 Å². The van der Waals surface area contributed by atoms with Crippen LogP contribution in [0.3, 0.4) is 0 Å². The Labute approximate surface area is 131 Å². The van der Waals surface area contributed by atoms with Crippen molar-refractivity contribution in [2.75, 3.05) is 0 Å². The Balaban J connectivity index is 2.21. The first-order valence-electron chi connectivity index (χ1n) is 6.56. The summed E-state index contributed by atoms with van der Waals surface area (Å²) < 4.78 is 0.724. The topological polar surface area (TPSA) is 72.2 Å². The van der Waals surface area contributed by atoms with Gasteiger partial charge >= 0.3 is 0 Å². The lowest BCUT2D eigenvalue weighted by molar-refractivity contribution is -0.384. The minimum Gasteiger partial charge on any atom is -0.349 e. The van der Waals surface area contributed by atoms with E-state index in [1.54, 1.807) is 6.07 Å². The predicted octanol–water partition coefficient (Wildman–Crippen LogP) is 3.51. The van der Waals surface area contributed by atoms with Gasteiger partial charge in [0.05, 0.1) is 10.5 Å². The van der Waals surface area contributed by atoms with Crippen LogP contribution in [-0.2, 0) is 0 Å². The Bertz CT molecular complexity index is 557. The number of carbonyl (C=O) groups is 1. The molecule has 0 aliphatic heterocycles. The molecule has 6 heteroatoms. The first kappa shape index (κ1) is 15.2. The molecule has 2 rings (SSSR count). The lowest BCUT2D eigenvalue weighted by atomic mass is 9.87. The smallest absolute Gasteiger partial charge is 0.270 e. The zero-order valence-electron chi connectivity index (χ0n) is 11.5. The van der Waals surface area contributed by atoms with E-state index in [2.05, 4.69) is 19.2 Å². The van der Waals surface area contributed by atoms with Crippen molar-refractivity contribution in [2.24, 2.45) is 5.41 Å². The molecule has 0 saturated heterocycles. The quantitative estimate of drug-likeness (QED) is 0.489. The molecular formula is C14H17IN2O3. The Morgan fingerprint density at radius 3 is 2.75 bits per heavy atom. The van der Waals surface area contributed by atoms with Gasteiger partial charge in [-0.05, 0) is 46.9 Å². The van der Waals surface area contributed by atoms with Gasteiger partial charge in [-0.25, -0.2) is 0 Å². The van der Waals surface area contributed by atoms with Gasteiger partial charge in [-0.3, -0.25) is 14.9 Å². The maximum absolute atomic E-state index is 12.3. The summed E-state index contributed by atoms with van der Waals surface area (Å²) in [5.41, 5.74) is 0.408. The molecule has 0 aromatic heterocycles. The van der Waals surface area contributed by atoms with E-state index in [0.29, 0.717) is 5.56 Å². The molecule has 0 spiro atoms. The molecule has 20 heavy (non-hydrogen) atoms. The lowest BCUT2D eigenvalue weighted by Crippen LogP contribution is -2.41. The fourth-order valence-electron chi connectivity index (χ4n) is 2.63. The van der Waals surface area contributed by atoms with E-state index in [0.717, 1.165) is 22.8 Å². The van der Waals surface area contributed by atoms with Crippen molar-refractivity contribution >= 4 is 34.2 Å². The molecule has 1 aliphatic carbocycles. The average Bonchev–Trinajstić information content (AvgIpc) is 2.68. The van der Waals surface area contributed by atoms with E-state index < -0.39 is 4.92 Å². The monoisotopic (exact) mass is 388 g/mol. The number of rotatable bonds is 3. The van der Waals surface area contributed by atoms with Gasteiger partial charge < -0.3 is 5.32 Å². The molecule has 1 N–H and O–H groups in total. The summed E-state index contributed by atoms with van der Waals surface area (Å²) >= 11 is 2.03.